The van der Waals surface area contributed by atoms with Crippen LogP contribution in [-0.2, 0) is 4.74 Å². The van der Waals surface area contributed by atoms with Crippen molar-refractivity contribution in [1.82, 2.24) is 15.1 Å². The molecule has 0 bridgehead atoms. The summed E-state index contributed by atoms with van der Waals surface area (Å²) in [4.78, 5) is 23.6. The number of hydrogen-bond donors (Lipinski definition) is 2. The van der Waals surface area contributed by atoms with Gasteiger partial charge in [-0.25, -0.2) is 9.48 Å². The third-order valence-corrected chi connectivity index (χ3v) is 5.13. The summed E-state index contributed by atoms with van der Waals surface area (Å²) in [7, 11) is 0. The third kappa shape index (κ3) is 4.42. The van der Waals surface area contributed by atoms with E-state index in [-0.39, 0.29) is 11.7 Å². The number of aromatic nitrogens is 2. The summed E-state index contributed by atoms with van der Waals surface area (Å²) >= 11 is 0. The van der Waals surface area contributed by atoms with Crippen molar-refractivity contribution in [2.75, 3.05) is 0 Å². The fraction of sp³-hybridized carbons (Fsp3) is 0.240. The standard InChI is InChI=1S/C25H26N4O3/c1-15-12-22(23(26)30)28-29(15)19-7-5-6-16(14-19)17-8-10-20-18(13-17)9-11-21(20)27-24(31)32-25(2,3)4/h5-14,21H,1-4H3,(H2,26,30)(H,27,31). The number of alkyl carbamates (subject to hydrolysis) is 1. The molecule has 0 fully saturated rings. The van der Waals surface area contributed by atoms with E-state index in [4.69, 9.17) is 10.5 Å². The predicted molar refractivity (Wildman–Crippen MR) is 123 cm³/mol. The van der Waals surface area contributed by atoms with Gasteiger partial charge >= 0.3 is 6.09 Å². The Labute approximate surface area is 186 Å². The van der Waals surface area contributed by atoms with Gasteiger partial charge < -0.3 is 15.8 Å². The van der Waals surface area contributed by atoms with Crippen LogP contribution in [0.5, 0.6) is 0 Å². The normalized spacial score (nSPS) is 14.8. The smallest absolute Gasteiger partial charge is 0.408 e. The molecular weight excluding hydrogens is 404 g/mol. The van der Waals surface area contributed by atoms with Gasteiger partial charge in [-0.05, 0) is 74.2 Å². The van der Waals surface area contributed by atoms with Gasteiger partial charge in [-0.3, -0.25) is 4.79 Å². The van der Waals surface area contributed by atoms with Gasteiger partial charge in [0.15, 0.2) is 5.69 Å². The summed E-state index contributed by atoms with van der Waals surface area (Å²) in [6.07, 6.45) is 3.51. The number of nitrogens with two attached hydrogens (primary N) is 1. The highest BCUT2D eigenvalue weighted by atomic mass is 16.6. The van der Waals surface area contributed by atoms with Crippen LogP contribution in [0.15, 0.2) is 54.6 Å². The van der Waals surface area contributed by atoms with Crippen LogP contribution < -0.4 is 11.1 Å². The number of benzene rings is 2. The number of ether oxygens (including phenoxy) is 1. The van der Waals surface area contributed by atoms with Gasteiger partial charge in [0.25, 0.3) is 5.91 Å². The van der Waals surface area contributed by atoms with Crippen molar-refractivity contribution in [1.29, 1.82) is 0 Å². The first-order valence-corrected chi connectivity index (χ1v) is 10.4. The van der Waals surface area contributed by atoms with Gasteiger partial charge in [-0.15, -0.1) is 0 Å². The maximum atomic E-state index is 12.2. The Morgan fingerprint density at radius 3 is 2.53 bits per heavy atom. The lowest BCUT2D eigenvalue weighted by Gasteiger charge is -2.22. The van der Waals surface area contributed by atoms with Gasteiger partial charge in [0.1, 0.15) is 5.60 Å². The molecule has 32 heavy (non-hydrogen) atoms. The lowest BCUT2D eigenvalue weighted by molar-refractivity contribution is 0.0514. The van der Waals surface area contributed by atoms with Crippen LogP contribution >= 0.6 is 0 Å². The molecule has 1 atom stereocenters. The van der Waals surface area contributed by atoms with E-state index in [1.54, 1.807) is 10.7 Å². The van der Waals surface area contributed by atoms with Gasteiger partial charge in [0, 0.05) is 5.69 Å². The first-order chi connectivity index (χ1) is 15.1. The van der Waals surface area contributed by atoms with Crippen LogP contribution in [0.1, 0.15) is 54.1 Å². The number of hydrogen-bond acceptors (Lipinski definition) is 4. The number of amides is 2. The predicted octanol–water partition coefficient (Wildman–Crippen LogP) is 4.54. The van der Waals surface area contributed by atoms with Crippen LogP contribution in [0.25, 0.3) is 22.9 Å². The Balaban J connectivity index is 1.58. The van der Waals surface area contributed by atoms with E-state index in [9.17, 15) is 9.59 Å². The maximum Gasteiger partial charge on any atom is 0.408 e. The SMILES string of the molecule is Cc1cc(C(N)=O)nn1-c1cccc(-c2ccc3c(c2)C=CC3NC(=O)OC(C)(C)C)c1. The van der Waals surface area contributed by atoms with Gasteiger partial charge in [-0.1, -0.05) is 36.4 Å². The first kappa shape index (κ1) is 21.4. The van der Waals surface area contributed by atoms with Crippen LogP contribution in [0.2, 0.25) is 0 Å². The summed E-state index contributed by atoms with van der Waals surface area (Å²) in [6, 6.07) is 15.5. The van der Waals surface area contributed by atoms with Crippen molar-refractivity contribution < 1.29 is 14.3 Å². The molecule has 1 aromatic heterocycles. The number of fused-ring (bicyclic) bond motifs is 1. The largest absolute Gasteiger partial charge is 0.444 e. The molecule has 1 heterocycles. The molecule has 164 valence electrons. The minimum Gasteiger partial charge on any atom is -0.444 e. The zero-order valence-corrected chi connectivity index (χ0v) is 18.5. The van der Waals surface area contributed by atoms with Crippen LogP contribution in [0.3, 0.4) is 0 Å². The second-order valence-corrected chi connectivity index (χ2v) is 8.82. The highest BCUT2D eigenvalue weighted by molar-refractivity contribution is 5.90. The Bertz CT molecular complexity index is 1230. The number of nitrogens with one attached hydrogen (secondary N) is 1. The van der Waals surface area contributed by atoms with E-state index in [2.05, 4.69) is 16.5 Å². The van der Waals surface area contributed by atoms with Crippen molar-refractivity contribution in [3.05, 3.63) is 77.1 Å². The average molecular weight is 431 g/mol. The Morgan fingerprint density at radius 2 is 1.84 bits per heavy atom. The lowest BCUT2D eigenvalue weighted by Crippen LogP contribution is -2.34. The third-order valence-electron chi connectivity index (χ3n) is 5.13. The Morgan fingerprint density at radius 1 is 1.09 bits per heavy atom. The zero-order chi connectivity index (χ0) is 23.0. The molecular formula is C25H26N4O3. The molecule has 4 rings (SSSR count). The molecule has 3 aromatic rings. The van der Waals surface area contributed by atoms with E-state index in [0.717, 1.165) is 33.6 Å². The molecule has 0 aliphatic heterocycles. The van der Waals surface area contributed by atoms with Crippen molar-refractivity contribution >= 4 is 18.1 Å². The van der Waals surface area contributed by atoms with E-state index in [1.165, 1.54) is 0 Å². The molecule has 3 N–H and O–H groups in total. The molecule has 2 aromatic carbocycles. The molecule has 0 saturated carbocycles. The molecule has 1 aliphatic carbocycles. The van der Waals surface area contributed by atoms with Gasteiger partial charge in [0.2, 0.25) is 0 Å². The van der Waals surface area contributed by atoms with Gasteiger partial charge in [-0.2, -0.15) is 5.10 Å². The number of aryl methyl sites for hydroxylation is 1. The topological polar surface area (TPSA) is 99.2 Å². The second-order valence-electron chi connectivity index (χ2n) is 8.82. The molecule has 0 spiro atoms. The number of rotatable bonds is 4. The van der Waals surface area contributed by atoms with E-state index < -0.39 is 17.6 Å². The summed E-state index contributed by atoms with van der Waals surface area (Å²) in [5, 5.41) is 7.22. The van der Waals surface area contributed by atoms with E-state index in [0.29, 0.717) is 0 Å². The van der Waals surface area contributed by atoms with Crippen molar-refractivity contribution in [2.45, 2.75) is 39.3 Å². The van der Waals surface area contributed by atoms with Crippen LogP contribution in [-0.4, -0.2) is 27.4 Å². The molecule has 1 unspecified atom stereocenters. The summed E-state index contributed by atoms with van der Waals surface area (Å²) in [5.41, 5.74) is 10.8. The second kappa shape index (κ2) is 8.00. The number of primary amides is 1. The van der Waals surface area contributed by atoms with Crippen LogP contribution in [0.4, 0.5) is 4.79 Å². The van der Waals surface area contributed by atoms with Crippen molar-refractivity contribution in [3.8, 4) is 16.8 Å². The van der Waals surface area contributed by atoms with E-state index in [1.807, 2.05) is 76.2 Å². The van der Waals surface area contributed by atoms with E-state index >= 15 is 0 Å². The summed E-state index contributed by atoms with van der Waals surface area (Å²) < 4.78 is 7.07. The van der Waals surface area contributed by atoms with Gasteiger partial charge in [0.05, 0.1) is 11.7 Å². The average Bonchev–Trinajstić information content (AvgIpc) is 3.30. The molecule has 0 saturated heterocycles. The van der Waals surface area contributed by atoms with Crippen molar-refractivity contribution in [2.24, 2.45) is 5.73 Å². The van der Waals surface area contributed by atoms with Crippen molar-refractivity contribution in [3.63, 3.8) is 0 Å². The monoisotopic (exact) mass is 430 g/mol. The number of carbonyl (C=O) groups excluding carboxylic acids is 2. The fourth-order valence-electron chi connectivity index (χ4n) is 3.72. The van der Waals surface area contributed by atoms with Crippen LogP contribution in [0, 0.1) is 6.92 Å². The number of nitrogens with zero attached hydrogens (tertiary/aromatic N) is 2. The first-order valence-electron chi connectivity index (χ1n) is 10.4. The molecule has 0 radical (unpaired) electrons. The quantitative estimate of drug-likeness (QED) is 0.635. The summed E-state index contributed by atoms with van der Waals surface area (Å²) in [6.45, 7) is 7.39. The molecule has 7 heteroatoms. The highest BCUT2D eigenvalue weighted by Gasteiger charge is 2.23. The molecule has 7 nitrogen and oxygen atoms in total. The highest BCUT2D eigenvalue weighted by Crippen LogP contribution is 2.33. The maximum absolute atomic E-state index is 12.2. The number of carbonyl (C=O) groups is 2. The molecule has 1 aliphatic rings. The fourth-order valence-corrected chi connectivity index (χ4v) is 3.72. The Kier molecular flexibility index (Phi) is 5.34. The summed E-state index contributed by atoms with van der Waals surface area (Å²) in [5.74, 6) is -0.553. The minimum absolute atomic E-state index is 0.223. The lowest BCUT2D eigenvalue weighted by atomic mass is 9.99. The Hall–Kier alpha value is -3.87. The zero-order valence-electron chi connectivity index (χ0n) is 18.5. The minimum atomic E-state index is -0.553. The molecule has 2 amide bonds.